The van der Waals surface area contributed by atoms with Gasteiger partial charge in [-0.3, -0.25) is 4.79 Å². The molecule has 2 saturated carbocycles. The summed E-state index contributed by atoms with van der Waals surface area (Å²) in [7, 11) is 0. The smallest absolute Gasteiger partial charge is 0.147 e. The summed E-state index contributed by atoms with van der Waals surface area (Å²) in [6.07, 6.45) is 6.03. The SMILES string of the molecule is CC1(C)C2CCC1(c1nc3cnncc3[nH]1)C(=O)C2. The maximum absolute atomic E-state index is 12.6. The Labute approximate surface area is 110 Å². The molecule has 0 spiro atoms. The Bertz CT molecular complexity index is 657. The van der Waals surface area contributed by atoms with E-state index in [2.05, 4.69) is 34.0 Å². The van der Waals surface area contributed by atoms with Gasteiger partial charge in [0.15, 0.2) is 0 Å². The van der Waals surface area contributed by atoms with Crippen molar-refractivity contribution in [2.75, 3.05) is 0 Å². The van der Waals surface area contributed by atoms with E-state index >= 15 is 0 Å². The van der Waals surface area contributed by atoms with E-state index in [9.17, 15) is 4.79 Å². The summed E-state index contributed by atoms with van der Waals surface area (Å²) >= 11 is 0. The van der Waals surface area contributed by atoms with Gasteiger partial charge in [-0.25, -0.2) is 4.98 Å². The van der Waals surface area contributed by atoms with Gasteiger partial charge in [-0.05, 0) is 24.2 Å². The lowest BCUT2D eigenvalue weighted by Crippen LogP contribution is -2.41. The number of nitrogens with zero attached hydrogens (tertiary/aromatic N) is 3. The maximum Gasteiger partial charge on any atom is 0.147 e. The predicted molar refractivity (Wildman–Crippen MR) is 69.5 cm³/mol. The number of carbonyl (C=O) groups excluding carboxylic acids is 1. The fraction of sp³-hybridized carbons (Fsp3) is 0.571. The fourth-order valence-corrected chi connectivity index (χ4v) is 4.21. The molecule has 2 aliphatic carbocycles. The van der Waals surface area contributed by atoms with Gasteiger partial charge in [0.2, 0.25) is 0 Å². The zero-order valence-electron chi connectivity index (χ0n) is 11.1. The van der Waals surface area contributed by atoms with Crippen LogP contribution in [0, 0.1) is 11.3 Å². The minimum atomic E-state index is -0.434. The third-order valence-electron chi connectivity index (χ3n) is 5.50. The third-order valence-corrected chi connectivity index (χ3v) is 5.50. The van der Waals surface area contributed by atoms with E-state index in [0.717, 1.165) is 29.7 Å². The molecule has 98 valence electrons. The molecule has 5 heteroatoms. The van der Waals surface area contributed by atoms with Gasteiger partial charge in [0.1, 0.15) is 17.1 Å². The van der Waals surface area contributed by atoms with E-state index in [-0.39, 0.29) is 5.41 Å². The van der Waals surface area contributed by atoms with Crippen molar-refractivity contribution < 1.29 is 4.79 Å². The normalized spacial score (nSPS) is 32.3. The van der Waals surface area contributed by atoms with Crippen LogP contribution in [0.4, 0.5) is 0 Å². The molecule has 4 rings (SSSR count). The van der Waals surface area contributed by atoms with Gasteiger partial charge in [0.05, 0.1) is 23.3 Å². The largest absolute Gasteiger partial charge is 0.340 e. The van der Waals surface area contributed by atoms with Gasteiger partial charge in [-0.15, -0.1) is 0 Å². The van der Waals surface area contributed by atoms with Crippen LogP contribution in [0.25, 0.3) is 11.0 Å². The summed E-state index contributed by atoms with van der Waals surface area (Å²) < 4.78 is 0. The Hall–Kier alpha value is -1.78. The number of ketones is 1. The quantitative estimate of drug-likeness (QED) is 0.847. The van der Waals surface area contributed by atoms with E-state index < -0.39 is 5.41 Å². The monoisotopic (exact) mass is 256 g/mol. The van der Waals surface area contributed by atoms with Crippen molar-refractivity contribution in [1.29, 1.82) is 0 Å². The summed E-state index contributed by atoms with van der Waals surface area (Å²) in [4.78, 5) is 20.5. The first-order valence-electron chi connectivity index (χ1n) is 6.76. The summed E-state index contributed by atoms with van der Waals surface area (Å²) in [6, 6.07) is 0. The van der Waals surface area contributed by atoms with Crippen molar-refractivity contribution in [3.8, 4) is 0 Å². The Morgan fingerprint density at radius 2 is 2.11 bits per heavy atom. The number of imidazole rings is 1. The molecule has 0 amide bonds. The van der Waals surface area contributed by atoms with Crippen molar-refractivity contribution >= 4 is 16.8 Å². The first-order chi connectivity index (χ1) is 9.05. The molecule has 2 fully saturated rings. The first-order valence-corrected chi connectivity index (χ1v) is 6.76. The molecule has 5 nitrogen and oxygen atoms in total. The highest BCUT2D eigenvalue weighted by atomic mass is 16.1. The van der Waals surface area contributed by atoms with Crippen molar-refractivity contribution in [2.24, 2.45) is 11.3 Å². The zero-order chi connectivity index (χ0) is 13.3. The molecule has 0 aromatic carbocycles. The highest BCUT2D eigenvalue weighted by Crippen LogP contribution is 2.63. The molecule has 19 heavy (non-hydrogen) atoms. The Kier molecular flexibility index (Phi) is 1.87. The molecule has 2 aliphatic rings. The average Bonchev–Trinajstić information content (AvgIpc) is 2.96. The van der Waals surface area contributed by atoms with Crippen LogP contribution in [0.3, 0.4) is 0 Å². The van der Waals surface area contributed by atoms with Gasteiger partial charge in [0, 0.05) is 6.42 Å². The number of fused-ring (bicyclic) bond motifs is 3. The fourth-order valence-electron chi connectivity index (χ4n) is 4.21. The maximum atomic E-state index is 12.6. The zero-order valence-corrected chi connectivity index (χ0v) is 11.1. The number of hydrogen-bond donors (Lipinski definition) is 1. The molecule has 0 radical (unpaired) electrons. The summed E-state index contributed by atoms with van der Waals surface area (Å²) in [5.41, 5.74) is 1.20. The van der Waals surface area contributed by atoms with Crippen LogP contribution in [0.15, 0.2) is 12.4 Å². The third kappa shape index (κ3) is 1.12. The van der Waals surface area contributed by atoms with Crippen LogP contribution in [0.2, 0.25) is 0 Å². The minimum absolute atomic E-state index is 0.0151. The second kappa shape index (κ2) is 3.21. The van der Waals surface area contributed by atoms with Crippen molar-refractivity contribution in [3.63, 3.8) is 0 Å². The van der Waals surface area contributed by atoms with Crippen molar-refractivity contribution in [1.82, 2.24) is 20.2 Å². The van der Waals surface area contributed by atoms with Gasteiger partial charge in [-0.2, -0.15) is 10.2 Å². The summed E-state index contributed by atoms with van der Waals surface area (Å²) in [5, 5.41) is 7.71. The van der Waals surface area contributed by atoms with Gasteiger partial charge in [-0.1, -0.05) is 13.8 Å². The minimum Gasteiger partial charge on any atom is -0.340 e. The second-order valence-electron chi connectivity index (χ2n) is 6.36. The second-order valence-corrected chi connectivity index (χ2v) is 6.36. The number of carbonyl (C=O) groups is 1. The first kappa shape index (κ1) is 11.1. The van der Waals surface area contributed by atoms with E-state index in [4.69, 9.17) is 0 Å². The average molecular weight is 256 g/mol. The lowest BCUT2D eigenvalue weighted by atomic mass is 9.68. The van der Waals surface area contributed by atoms with E-state index in [0.29, 0.717) is 18.1 Å². The Morgan fingerprint density at radius 3 is 2.74 bits per heavy atom. The predicted octanol–water partition coefficient (Wildman–Crippen LogP) is 2.00. The number of Topliss-reactive ketones (excluding diaryl/α,β-unsaturated/α-hetero) is 1. The number of rotatable bonds is 1. The molecular weight excluding hydrogens is 240 g/mol. The summed E-state index contributed by atoms with van der Waals surface area (Å²) in [5.74, 6) is 1.64. The molecule has 2 atom stereocenters. The molecule has 0 aliphatic heterocycles. The van der Waals surface area contributed by atoms with Crippen LogP contribution >= 0.6 is 0 Å². The molecule has 2 aromatic rings. The van der Waals surface area contributed by atoms with Crippen LogP contribution in [-0.2, 0) is 10.2 Å². The number of H-pyrrole nitrogens is 1. The van der Waals surface area contributed by atoms with E-state index in [1.54, 1.807) is 12.4 Å². The van der Waals surface area contributed by atoms with Crippen molar-refractivity contribution in [2.45, 2.75) is 38.5 Å². The molecule has 2 heterocycles. The lowest BCUT2D eigenvalue weighted by molar-refractivity contribution is -0.124. The Morgan fingerprint density at radius 1 is 1.32 bits per heavy atom. The lowest BCUT2D eigenvalue weighted by Gasteiger charge is -2.34. The standard InChI is InChI=1S/C14H16N4O/c1-13(2)8-3-4-14(13,11(19)5-8)12-17-9-6-15-16-7-10(9)18-12/h6-8H,3-5H2,1-2H3,(H,17,18). The van der Waals surface area contributed by atoms with Gasteiger partial charge >= 0.3 is 0 Å². The number of aromatic amines is 1. The van der Waals surface area contributed by atoms with Gasteiger partial charge < -0.3 is 4.98 Å². The molecule has 2 bridgehead atoms. The summed E-state index contributed by atoms with van der Waals surface area (Å²) in [6.45, 7) is 4.42. The van der Waals surface area contributed by atoms with Crippen molar-refractivity contribution in [3.05, 3.63) is 18.2 Å². The van der Waals surface area contributed by atoms with Gasteiger partial charge in [0.25, 0.3) is 0 Å². The Balaban J connectivity index is 1.97. The van der Waals surface area contributed by atoms with Crippen LogP contribution in [-0.4, -0.2) is 25.9 Å². The molecule has 0 saturated heterocycles. The van der Waals surface area contributed by atoms with Crippen LogP contribution < -0.4 is 0 Å². The van der Waals surface area contributed by atoms with Crippen LogP contribution in [0.5, 0.6) is 0 Å². The highest BCUT2D eigenvalue weighted by Gasteiger charge is 2.66. The molecule has 1 N–H and O–H groups in total. The number of nitrogens with one attached hydrogen (secondary N) is 1. The highest BCUT2D eigenvalue weighted by molar-refractivity contribution is 5.95. The molecular formula is C14H16N4O. The number of aromatic nitrogens is 4. The van der Waals surface area contributed by atoms with E-state index in [1.165, 1.54) is 0 Å². The molecule has 2 unspecified atom stereocenters. The molecule has 2 aromatic heterocycles. The topological polar surface area (TPSA) is 71.5 Å². The van der Waals surface area contributed by atoms with Crippen LogP contribution in [0.1, 0.15) is 38.9 Å². The van der Waals surface area contributed by atoms with E-state index in [1.807, 2.05) is 0 Å². The number of hydrogen-bond acceptors (Lipinski definition) is 4.